The first kappa shape index (κ1) is 14.8. The lowest BCUT2D eigenvalue weighted by atomic mass is 10.2. The number of thioether (sulfide) groups is 1. The molecule has 1 N–H and O–H groups in total. The van der Waals surface area contributed by atoms with Crippen molar-refractivity contribution in [2.45, 2.75) is 25.5 Å². The summed E-state index contributed by atoms with van der Waals surface area (Å²) in [6.45, 7) is 7.80. The summed E-state index contributed by atoms with van der Waals surface area (Å²) in [6.07, 6.45) is 1.61. The molecule has 0 aliphatic rings. The van der Waals surface area contributed by atoms with Crippen molar-refractivity contribution >= 4 is 39.3 Å². The molecule has 2 aromatic heterocycles. The van der Waals surface area contributed by atoms with Gasteiger partial charge in [-0.2, -0.15) is 0 Å². The van der Waals surface area contributed by atoms with E-state index in [1.807, 2.05) is 13.8 Å². The minimum Gasteiger partial charge on any atom is -0.481 e. The first-order chi connectivity index (χ1) is 9.45. The van der Waals surface area contributed by atoms with Crippen LogP contribution in [0.25, 0.3) is 10.2 Å². The molecule has 20 heavy (non-hydrogen) atoms. The summed E-state index contributed by atoms with van der Waals surface area (Å²) < 4.78 is 1.47. The van der Waals surface area contributed by atoms with Gasteiger partial charge >= 0.3 is 5.97 Å². The zero-order chi connectivity index (χ0) is 14.9. The van der Waals surface area contributed by atoms with Gasteiger partial charge < -0.3 is 5.11 Å². The van der Waals surface area contributed by atoms with Crippen LogP contribution in [-0.2, 0) is 11.3 Å². The summed E-state index contributed by atoms with van der Waals surface area (Å²) >= 11 is 2.51. The lowest BCUT2D eigenvalue weighted by molar-refractivity contribution is -0.133. The van der Waals surface area contributed by atoms with Gasteiger partial charge in [-0.1, -0.05) is 17.8 Å². The van der Waals surface area contributed by atoms with E-state index in [0.717, 1.165) is 22.2 Å². The second-order valence-electron chi connectivity index (χ2n) is 4.24. The first-order valence-corrected chi connectivity index (χ1v) is 7.72. The molecular formula is C13H14N2O3S2. The molecule has 0 bridgehead atoms. The normalized spacial score (nSPS) is 10.9. The lowest BCUT2D eigenvalue weighted by Gasteiger charge is -2.09. The molecule has 0 saturated heterocycles. The van der Waals surface area contributed by atoms with Crippen molar-refractivity contribution in [2.24, 2.45) is 0 Å². The van der Waals surface area contributed by atoms with Gasteiger partial charge in [-0.05, 0) is 19.4 Å². The molecule has 2 rings (SSSR count). The third kappa shape index (κ3) is 2.64. The first-order valence-electron chi connectivity index (χ1n) is 5.91. The topological polar surface area (TPSA) is 72.2 Å². The van der Waals surface area contributed by atoms with E-state index in [9.17, 15) is 9.59 Å². The van der Waals surface area contributed by atoms with Gasteiger partial charge in [-0.15, -0.1) is 17.9 Å². The number of hydrogen-bond donors (Lipinski definition) is 1. The minimum atomic E-state index is -0.937. The molecule has 0 saturated carbocycles. The highest BCUT2D eigenvalue weighted by atomic mass is 32.2. The number of carboxylic acid groups (broad SMARTS) is 1. The summed E-state index contributed by atoms with van der Waals surface area (Å²) in [4.78, 5) is 29.4. The standard InChI is InChI=1S/C13H14N2O3S2/c1-4-5-15-12(18)10-7(2)8(3)20-11(10)14-13(15)19-6-9(16)17/h4H,1,5-6H2,2-3H3,(H,16,17). The highest BCUT2D eigenvalue weighted by molar-refractivity contribution is 7.99. The van der Waals surface area contributed by atoms with Gasteiger partial charge in [-0.3, -0.25) is 14.2 Å². The molecule has 0 atom stereocenters. The van der Waals surface area contributed by atoms with Crippen LogP contribution < -0.4 is 5.56 Å². The number of rotatable bonds is 5. The maximum Gasteiger partial charge on any atom is 0.313 e. The Kier molecular flexibility index (Phi) is 4.29. The van der Waals surface area contributed by atoms with Crippen molar-refractivity contribution < 1.29 is 9.90 Å². The summed E-state index contributed by atoms with van der Waals surface area (Å²) in [5.74, 6) is -1.06. The summed E-state index contributed by atoms with van der Waals surface area (Å²) in [5, 5.41) is 9.81. The summed E-state index contributed by atoms with van der Waals surface area (Å²) in [6, 6.07) is 0. The molecule has 0 spiro atoms. The van der Waals surface area contributed by atoms with Gasteiger partial charge in [0.1, 0.15) is 4.83 Å². The van der Waals surface area contributed by atoms with Gasteiger partial charge in [0.2, 0.25) is 0 Å². The van der Waals surface area contributed by atoms with E-state index >= 15 is 0 Å². The fourth-order valence-corrected chi connectivity index (χ4v) is 3.63. The molecule has 7 heteroatoms. The van der Waals surface area contributed by atoms with Crippen LogP contribution in [0, 0.1) is 13.8 Å². The van der Waals surface area contributed by atoms with E-state index in [1.165, 1.54) is 15.9 Å². The fraction of sp³-hybridized carbons (Fsp3) is 0.308. The number of thiophene rings is 1. The van der Waals surface area contributed by atoms with Crippen LogP contribution in [0.1, 0.15) is 10.4 Å². The average Bonchev–Trinajstić information content (AvgIpc) is 2.66. The molecule has 0 fully saturated rings. The van der Waals surface area contributed by atoms with Crippen molar-refractivity contribution in [1.82, 2.24) is 9.55 Å². The predicted molar refractivity (Wildman–Crippen MR) is 81.9 cm³/mol. The number of allylic oxidation sites excluding steroid dienone is 1. The molecule has 0 radical (unpaired) electrons. The Morgan fingerprint density at radius 1 is 1.55 bits per heavy atom. The Morgan fingerprint density at radius 2 is 2.25 bits per heavy atom. The second-order valence-corrected chi connectivity index (χ2v) is 6.39. The van der Waals surface area contributed by atoms with E-state index in [0.29, 0.717) is 21.9 Å². The number of nitrogens with zero attached hydrogens (tertiary/aromatic N) is 2. The third-order valence-electron chi connectivity index (χ3n) is 2.89. The molecule has 0 aliphatic heterocycles. The Morgan fingerprint density at radius 3 is 2.85 bits per heavy atom. The molecule has 0 aromatic carbocycles. The monoisotopic (exact) mass is 310 g/mol. The van der Waals surface area contributed by atoms with Crippen molar-refractivity contribution in [2.75, 3.05) is 5.75 Å². The molecule has 0 unspecified atom stereocenters. The maximum absolute atomic E-state index is 12.5. The van der Waals surface area contributed by atoms with Crippen LogP contribution >= 0.6 is 23.1 Å². The van der Waals surface area contributed by atoms with E-state index in [-0.39, 0.29) is 11.3 Å². The van der Waals surface area contributed by atoms with Crippen LogP contribution in [0.15, 0.2) is 22.6 Å². The van der Waals surface area contributed by atoms with Gasteiger partial charge in [0.25, 0.3) is 5.56 Å². The Hall–Kier alpha value is -1.60. The maximum atomic E-state index is 12.5. The number of aromatic nitrogens is 2. The molecule has 2 heterocycles. The van der Waals surface area contributed by atoms with E-state index in [2.05, 4.69) is 11.6 Å². The third-order valence-corrected chi connectivity index (χ3v) is 4.95. The molecule has 0 amide bonds. The van der Waals surface area contributed by atoms with Crippen LogP contribution in [0.4, 0.5) is 0 Å². The fourth-order valence-electron chi connectivity index (χ4n) is 1.84. The van der Waals surface area contributed by atoms with Gasteiger partial charge in [0.15, 0.2) is 5.16 Å². The van der Waals surface area contributed by atoms with Crippen molar-refractivity contribution in [3.8, 4) is 0 Å². The van der Waals surface area contributed by atoms with Crippen LogP contribution in [-0.4, -0.2) is 26.4 Å². The summed E-state index contributed by atoms with van der Waals surface area (Å²) in [7, 11) is 0. The van der Waals surface area contributed by atoms with Gasteiger partial charge in [0.05, 0.1) is 11.1 Å². The molecular weight excluding hydrogens is 296 g/mol. The quantitative estimate of drug-likeness (QED) is 0.522. The molecule has 106 valence electrons. The zero-order valence-corrected chi connectivity index (χ0v) is 12.8. The molecule has 0 aliphatic carbocycles. The predicted octanol–water partition coefficient (Wildman–Crippen LogP) is 2.44. The van der Waals surface area contributed by atoms with Crippen molar-refractivity contribution in [3.05, 3.63) is 33.4 Å². The van der Waals surface area contributed by atoms with Crippen molar-refractivity contribution in [1.29, 1.82) is 0 Å². The molecule has 5 nitrogen and oxygen atoms in total. The Labute approximate surface area is 124 Å². The SMILES string of the molecule is C=CCn1c(SCC(=O)O)nc2sc(C)c(C)c2c1=O. The number of aryl methyl sites for hydroxylation is 2. The zero-order valence-electron chi connectivity index (χ0n) is 11.2. The largest absolute Gasteiger partial charge is 0.481 e. The van der Waals surface area contributed by atoms with Gasteiger partial charge in [0, 0.05) is 11.4 Å². The Balaban J connectivity index is 2.66. The van der Waals surface area contributed by atoms with E-state index in [4.69, 9.17) is 5.11 Å². The smallest absolute Gasteiger partial charge is 0.313 e. The second kappa shape index (κ2) is 5.80. The molecule has 2 aromatic rings. The van der Waals surface area contributed by atoms with Crippen LogP contribution in [0.3, 0.4) is 0 Å². The van der Waals surface area contributed by atoms with Crippen LogP contribution in [0.5, 0.6) is 0 Å². The number of carbonyl (C=O) groups is 1. The summed E-state index contributed by atoms with van der Waals surface area (Å²) in [5.41, 5.74) is 0.805. The average molecular weight is 310 g/mol. The minimum absolute atomic E-state index is 0.127. The number of hydrogen-bond acceptors (Lipinski definition) is 5. The Bertz CT molecular complexity index is 746. The number of aliphatic carboxylic acids is 1. The number of fused-ring (bicyclic) bond motifs is 1. The van der Waals surface area contributed by atoms with Crippen LogP contribution in [0.2, 0.25) is 0 Å². The highest BCUT2D eigenvalue weighted by Crippen LogP contribution is 2.28. The van der Waals surface area contributed by atoms with Gasteiger partial charge in [-0.25, -0.2) is 4.98 Å². The van der Waals surface area contributed by atoms with E-state index in [1.54, 1.807) is 6.08 Å². The van der Waals surface area contributed by atoms with Crippen molar-refractivity contribution in [3.63, 3.8) is 0 Å². The highest BCUT2D eigenvalue weighted by Gasteiger charge is 2.16. The van der Waals surface area contributed by atoms with E-state index < -0.39 is 5.97 Å². The number of carboxylic acids is 1. The lowest BCUT2D eigenvalue weighted by Crippen LogP contribution is -2.23.